The summed E-state index contributed by atoms with van der Waals surface area (Å²) < 4.78 is 0. The minimum atomic E-state index is -0.105. The molecule has 1 unspecified atom stereocenters. The Kier molecular flexibility index (Phi) is 2.91. The predicted octanol–water partition coefficient (Wildman–Crippen LogP) is 3.37. The Morgan fingerprint density at radius 2 is 1.81 bits per heavy atom. The number of aliphatic imine (C=N–C) groups is 1. The standard InChI is InChI=1S/C16H13ClN4/c17-11-7-5-10(6-8-11)15-19-16(21-20-15)13-9-18-14-4-2-1-3-12(13)14/h1-9,16,18,21H,(H,19,20). The fraction of sp³-hybridized carbons (Fsp3) is 0.0625. The molecular weight excluding hydrogens is 284 g/mol. The number of benzene rings is 2. The van der Waals surface area contributed by atoms with Crippen molar-refractivity contribution in [1.82, 2.24) is 15.8 Å². The molecule has 4 nitrogen and oxygen atoms in total. The fourth-order valence-electron chi connectivity index (χ4n) is 2.55. The van der Waals surface area contributed by atoms with Crippen molar-refractivity contribution in [3.8, 4) is 0 Å². The van der Waals surface area contributed by atoms with Crippen LogP contribution in [0.1, 0.15) is 17.3 Å². The summed E-state index contributed by atoms with van der Waals surface area (Å²) in [5.74, 6) is 0.821. The first-order chi connectivity index (χ1) is 10.3. The summed E-state index contributed by atoms with van der Waals surface area (Å²) in [6, 6.07) is 15.8. The lowest BCUT2D eigenvalue weighted by molar-refractivity contribution is 0.578. The number of hydrogen-bond donors (Lipinski definition) is 3. The maximum Gasteiger partial charge on any atom is 0.146 e. The van der Waals surface area contributed by atoms with E-state index in [1.54, 1.807) is 0 Å². The van der Waals surface area contributed by atoms with E-state index in [1.807, 2.05) is 42.6 Å². The number of nitrogens with zero attached hydrogens (tertiary/aromatic N) is 1. The van der Waals surface area contributed by atoms with Gasteiger partial charge in [-0.05, 0) is 30.3 Å². The van der Waals surface area contributed by atoms with Gasteiger partial charge in [-0.25, -0.2) is 10.4 Å². The van der Waals surface area contributed by atoms with Crippen LogP contribution in [0.5, 0.6) is 0 Å². The van der Waals surface area contributed by atoms with Crippen molar-refractivity contribution in [2.75, 3.05) is 0 Å². The maximum atomic E-state index is 5.91. The molecule has 0 radical (unpaired) electrons. The zero-order valence-corrected chi connectivity index (χ0v) is 11.9. The van der Waals surface area contributed by atoms with Crippen molar-refractivity contribution in [1.29, 1.82) is 0 Å². The van der Waals surface area contributed by atoms with Crippen LogP contribution in [0.3, 0.4) is 0 Å². The van der Waals surface area contributed by atoms with E-state index in [0.29, 0.717) is 0 Å². The second kappa shape index (κ2) is 4.91. The molecule has 0 aliphatic carbocycles. The molecule has 2 aromatic carbocycles. The fourth-order valence-corrected chi connectivity index (χ4v) is 2.68. The SMILES string of the molecule is Clc1ccc(C2=NC(c3c[nH]c4ccccc34)NN2)cc1. The van der Waals surface area contributed by atoms with Gasteiger partial charge in [-0.1, -0.05) is 29.8 Å². The van der Waals surface area contributed by atoms with Gasteiger partial charge in [0.2, 0.25) is 0 Å². The Labute approximate surface area is 126 Å². The monoisotopic (exact) mass is 296 g/mol. The molecule has 0 amide bonds. The number of halogens is 1. The second-order valence-corrected chi connectivity index (χ2v) is 5.38. The molecule has 0 saturated carbocycles. The Morgan fingerprint density at radius 1 is 1.00 bits per heavy atom. The lowest BCUT2D eigenvalue weighted by atomic mass is 10.1. The Morgan fingerprint density at radius 3 is 2.67 bits per heavy atom. The molecule has 3 aromatic rings. The lowest BCUT2D eigenvalue weighted by Crippen LogP contribution is -2.31. The number of hydrogen-bond acceptors (Lipinski definition) is 3. The molecule has 1 aliphatic rings. The summed E-state index contributed by atoms with van der Waals surface area (Å²) in [7, 11) is 0. The van der Waals surface area contributed by atoms with Crippen LogP contribution in [-0.4, -0.2) is 10.8 Å². The van der Waals surface area contributed by atoms with Gasteiger partial charge in [0.1, 0.15) is 12.0 Å². The first kappa shape index (κ1) is 12.4. The van der Waals surface area contributed by atoms with Crippen LogP contribution < -0.4 is 10.9 Å². The van der Waals surface area contributed by atoms with Crippen molar-refractivity contribution in [2.24, 2.45) is 4.99 Å². The molecule has 21 heavy (non-hydrogen) atoms. The van der Waals surface area contributed by atoms with Gasteiger partial charge in [0, 0.05) is 33.2 Å². The first-order valence-electron chi connectivity index (χ1n) is 6.72. The van der Waals surface area contributed by atoms with Gasteiger partial charge >= 0.3 is 0 Å². The van der Waals surface area contributed by atoms with Crippen LogP contribution in [0, 0.1) is 0 Å². The van der Waals surface area contributed by atoms with E-state index in [2.05, 4.69) is 28.0 Å². The zero-order chi connectivity index (χ0) is 14.2. The largest absolute Gasteiger partial charge is 0.361 e. The quantitative estimate of drug-likeness (QED) is 0.679. The van der Waals surface area contributed by atoms with Gasteiger partial charge in [-0.15, -0.1) is 0 Å². The number of hydrazine groups is 1. The van der Waals surface area contributed by atoms with Crippen molar-refractivity contribution in [3.05, 3.63) is 70.9 Å². The highest BCUT2D eigenvalue weighted by Crippen LogP contribution is 2.26. The third-order valence-corrected chi connectivity index (χ3v) is 3.87. The molecule has 1 aliphatic heterocycles. The van der Waals surface area contributed by atoms with Gasteiger partial charge in [-0.2, -0.15) is 0 Å². The third kappa shape index (κ3) is 2.18. The van der Waals surface area contributed by atoms with E-state index in [0.717, 1.165) is 27.5 Å². The summed E-state index contributed by atoms with van der Waals surface area (Å²) in [4.78, 5) is 7.98. The molecule has 104 valence electrons. The highest BCUT2D eigenvalue weighted by Gasteiger charge is 2.21. The van der Waals surface area contributed by atoms with Gasteiger partial charge in [0.15, 0.2) is 0 Å². The Bertz CT molecular complexity index is 820. The number of rotatable bonds is 2. The van der Waals surface area contributed by atoms with Gasteiger partial charge in [0.05, 0.1) is 0 Å². The normalized spacial score (nSPS) is 17.8. The van der Waals surface area contributed by atoms with Gasteiger partial charge < -0.3 is 10.4 Å². The van der Waals surface area contributed by atoms with Crippen molar-refractivity contribution in [3.63, 3.8) is 0 Å². The molecule has 5 heteroatoms. The molecular formula is C16H13ClN4. The van der Waals surface area contributed by atoms with Crippen LogP contribution in [0.25, 0.3) is 10.9 Å². The Balaban J connectivity index is 1.70. The van der Waals surface area contributed by atoms with Crippen LogP contribution >= 0.6 is 11.6 Å². The second-order valence-electron chi connectivity index (χ2n) is 4.95. The zero-order valence-electron chi connectivity index (χ0n) is 11.1. The van der Waals surface area contributed by atoms with Gasteiger partial charge in [0.25, 0.3) is 0 Å². The van der Waals surface area contributed by atoms with E-state index in [1.165, 1.54) is 5.39 Å². The minimum Gasteiger partial charge on any atom is -0.361 e. The van der Waals surface area contributed by atoms with Crippen LogP contribution in [0.2, 0.25) is 5.02 Å². The van der Waals surface area contributed by atoms with E-state index in [-0.39, 0.29) is 6.17 Å². The molecule has 3 N–H and O–H groups in total. The molecule has 0 spiro atoms. The smallest absolute Gasteiger partial charge is 0.146 e. The summed E-state index contributed by atoms with van der Waals surface area (Å²) >= 11 is 5.91. The van der Waals surface area contributed by atoms with Crippen LogP contribution in [0.15, 0.2) is 59.7 Å². The maximum absolute atomic E-state index is 5.91. The van der Waals surface area contributed by atoms with E-state index >= 15 is 0 Å². The molecule has 2 heterocycles. The first-order valence-corrected chi connectivity index (χ1v) is 7.10. The summed E-state index contributed by atoms with van der Waals surface area (Å²) in [6.07, 6.45) is 1.89. The third-order valence-electron chi connectivity index (χ3n) is 3.62. The number of aromatic amines is 1. The van der Waals surface area contributed by atoms with Crippen LogP contribution in [0.4, 0.5) is 0 Å². The summed E-state index contributed by atoms with van der Waals surface area (Å²) in [6.45, 7) is 0. The summed E-state index contributed by atoms with van der Waals surface area (Å²) in [5, 5.41) is 1.90. The molecule has 0 saturated heterocycles. The number of fused-ring (bicyclic) bond motifs is 1. The highest BCUT2D eigenvalue weighted by atomic mass is 35.5. The molecule has 4 rings (SSSR count). The Hall–Kier alpha value is -2.30. The number of amidine groups is 1. The van der Waals surface area contributed by atoms with E-state index in [4.69, 9.17) is 16.6 Å². The van der Waals surface area contributed by atoms with E-state index < -0.39 is 0 Å². The number of H-pyrrole nitrogens is 1. The van der Waals surface area contributed by atoms with Crippen molar-refractivity contribution in [2.45, 2.75) is 6.17 Å². The predicted molar refractivity (Wildman–Crippen MR) is 85.3 cm³/mol. The molecule has 1 atom stereocenters. The highest BCUT2D eigenvalue weighted by molar-refractivity contribution is 6.30. The minimum absolute atomic E-state index is 0.105. The van der Waals surface area contributed by atoms with E-state index in [9.17, 15) is 0 Å². The van der Waals surface area contributed by atoms with Gasteiger partial charge in [-0.3, -0.25) is 0 Å². The average Bonchev–Trinajstić information content (AvgIpc) is 3.14. The van der Waals surface area contributed by atoms with Crippen molar-refractivity contribution >= 4 is 28.3 Å². The number of nitrogens with one attached hydrogen (secondary N) is 3. The average molecular weight is 297 g/mol. The lowest BCUT2D eigenvalue weighted by Gasteiger charge is -2.05. The van der Waals surface area contributed by atoms with Crippen molar-refractivity contribution < 1.29 is 0 Å². The molecule has 1 aromatic heterocycles. The van der Waals surface area contributed by atoms with Crippen LogP contribution in [-0.2, 0) is 0 Å². The topological polar surface area (TPSA) is 52.2 Å². The number of para-hydroxylation sites is 1. The molecule has 0 fully saturated rings. The number of aromatic nitrogens is 1. The summed E-state index contributed by atoms with van der Waals surface area (Å²) in [5.41, 5.74) is 9.60. The molecule has 0 bridgehead atoms.